The molecule has 0 radical (unpaired) electrons. The summed E-state index contributed by atoms with van der Waals surface area (Å²) in [4.78, 5) is 16.5. The van der Waals surface area contributed by atoms with Crippen LogP contribution in [0.15, 0.2) is 42.9 Å². The lowest BCUT2D eigenvalue weighted by Gasteiger charge is -2.12. The minimum absolute atomic E-state index is 0.0636. The molecule has 3 aromatic heterocycles. The second-order valence-electron chi connectivity index (χ2n) is 6.51. The number of rotatable bonds is 4. The molecule has 1 fully saturated rings. The van der Waals surface area contributed by atoms with Gasteiger partial charge in [-0.25, -0.2) is 12.7 Å². The molecule has 3 aromatic rings. The molecule has 0 aliphatic carbocycles. The Morgan fingerprint density at radius 1 is 1.26 bits per heavy atom. The summed E-state index contributed by atoms with van der Waals surface area (Å²) in [6.07, 6.45) is 6.75. The lowest BCUT2D eigenvalue weighted by Crippen LogP contribution is -2.27. The Morgan fingerprint density at radius 3 is 2.81 bits per heavy atom. The monoisotopic (exact) mass is 386 g/mol. The Balaban J connectivity index is 1.61. The summed E-state index contributed by atoms with van der Waals surface area (Å²) in [6.45, 7) is 0.825. The second-order valence-corrected chi connectivity index (χ2v) is 8.49. The van der Waals surface area contributed by atoms with Gasteiger partial charge in [0.15, 0.2) is 5.65 Å². The molecule has 4 heterocycles. The molecule has 1 saturated heterocycles. The van der Waals surface area contributed by atoms with Crippen LogP contribution in [-0.2, 0) is 10.0 Å². The van der Waals surface area contributed by atoms with Crippen molar-refractivity contribution in [3.05, 3.63) is 54.2 Å². The average molecular weight is 386 g/mol. The Kier molecular flexibility index (Phi) is 4.36. The van der Waals surface area contributed by atoms with E-state index in [1.54, 1.807) is 47.3 Å². The van der Waals surface area contributed by atoms with Crippen LogP contribution in [0.1, 0.15) is 28.5 Å². The zero-order valence-electron chi connectivity index (χ0n) is 14.6. The minimum Gasteiger partial charge on any atom is -0.321 e. The van der Waals surface area contributed by atoms with E-state index in [1.807, 2.05) is 0 Å². The van der Waals surface area contributed by atoms with E-state index in [2.05, 4.69) is 20.5 Å². The first-order valence-corrected chi connectivity index (χ1v) is 10.3. The molecule has 0 saturated carbocycles. The van der Waals surface area contributed by atoms with Gasteiger partial charge in [-0.1, -0.05) is 0 Å². The number of anilines is 1. The third-order valence-electron chi connectivity index (χ3n) is 4.60. The summed E-state index contributed by atoms with van der Waals surface area (Å²) in [5, 5.41) is 11.2. The Morgan fingerprint density at radius 2 is 2.11 bits per heavy atom. The number of sulfonamides is 1. The quantitative estimate of drug-likeness (QED) is 0.720. The number of fused-ring (bicyclic) bond motifs is 1. The molecule has 1 N–H and O–H groups in total. The molecule has 1 aliphatic heterocycles. The standard InChI is InChI=1S/C17H18N6O3S/c1-27(25,26)22-8-6-12(10-22)16-21-20-15-5-4-13(11-23(15)16)17(24)19-14-3-2-7-18-9-14/h2-5,7,9,11-12H,6,8,10H2,1H3,(H,19,24). The van der Waals surface area contributed by atoms with E-state index in [4.69, 9.17) is 0 Å². The molecule has 0 aromatic carbocycles. The fourth-order valence-electron chi connectivity index (χ4n) is 3.20. The van der Waals surface area contributed by atoms with Gasteiger partial charge in [-0.3, -0.25) is 14.2 Å². The molecule has 0 spiro atoms. The molecular weight excluding hydrogens is 368 g/mol. The van der Waals surface area contributed by atoms with Crippen LogP contribution >= 0.6 is 0 Å². The maximum atomic E-state index is 12.5. The smallest absolute Gasteiger partial charge is 0.257 e. The fraction of sp³-hybridized carbons (Fsp3) is 0.294. The van der Waals surface area contributed by atoms with Crippen molar-refractivity contribution >= 4 is 27.3 Å². The van der Waals surface area contributed by atoms with Gasteiger partial charge < -0.3 is 5.32 Å². The lowest BCUT2D eigenvalue weighted by molar-refractivity contribution is 0.102. The predicted molar refractivity (Wildman–Crippen MR) is 99.0 cm³/mol. The van der Waals surface area contributed by atoms with Gasteiger partial charge in [-0.15, -0.1) is 10.2 Å². The maximum absolute atomic E-state index is 12.5. The SMILES string of the molecule is CS(=O)(=O)N1CCC(c2nnc3ccc(C(=O)Nc4cccnc4)cn23)C1. The number of nitrogens with zero attached hydrogens (tertiary/aromatic N) is 5. The second kappa shape index (κ2) is 6.71. The highest BCUT2D eigenvalue weighted by atomic mass is 32.2. The van der Waals surface area contributed by atoms with E-state index >= 15 is 0 Å². The summed E-state index contributed by atoms with van der Waals surface area (Å²) < 4.78 is 26.7. The van der Waals surface area contributed by atoms with Gasteiger partial charge in [0.05, 0.1) is 23.7 Å². The van der Waals surface area contributed by atoms with Crippen molar-refractivity contribution in [2.24, 2.45) is 0 Å². The van der Waals surface area contributed by atoms with Crippen LogP contribution < -0.4 is 5.32 Å². The van der Waals surface area contributed by atoms with E-state index < -0.39 is 10.0 Å². The number of hydrogen-bond acceptors (Lipinski definition) is 6. The first kappa shape index (κ1) is 17.6. The van der Waals surface area contributed by atoms with Gasteiger partial charge in [0, 0.05) is 31.4 Å². The van der Waals surface area contributed by atoms with Crippen LogP contribution in [0.25, 0.3) is 5.65 Å². The number of nitrogens with one attached hydrogen (secondary N) is 1. The highest BCUT2D eigenvalue weighted by molar-refractivity contribution is 7.88. The maximum Gasteiger partial charge on any atom is 0.257 e. The number of amides is 1. The Labute approximate surface area is 156 Å². The van der Waals surface area contributed by atoms with Gasteiger partial charge >= 0.3 is 0 Å². The number of pyridine rings is 2. The molecule has 1 atom stereocenters. The molecular formula is C17H18N6O3S. The molecule has 10 heteroatoms. The normalized spacial score (nSPS) is 18.0. The average Bonchev–Trinajstić information content (AvgIpc) is 3.28. The van der Waals surface area contributed by atoms with E-state index in [-0.39, 0.29) is 11.8 Å². The predicted octanol–water partition coefficient (Wildman–Crippen LogP) is 1.13. The van der Waals surface area contributed by atoms with Crippen LogP contribution in [0.2, 0.25) is 0 Å². The molecule has 0 bridgehead atoms. The van der Waals surface area contributed by atoms with E-state index in [1.165, 1.54) is 10.6 Å². The summed E-state index contributed by atoms with van der Waals surface area (Å²) in [7, 11) is -3.23. The molecule has 140 valence electrons. The summed E-state index contributed by atoms with van der Waals surface area (Å²) in [6, 6.07) is 6.89. The van der Waals surface area contributed by atoms with Crippen LogP contribution in [-0.4, -0.2) is 57.6 Å². The van der Waals surface area contributed by atoms with Crippen LogP contribution in [0, 0.1) is 0 Å². The van der Waals surface area contributed by atoms with Crippen molar-refractivity contribution in [3.63, 3.8) is 0 Å². The van der Waals surface area contributed by atoms with Gasteiger partial charge in [0.25, 0.3) is 5.91 Å². The van der Waals surface area contributed by atoms with Crippen molar-refractivity contribution in [3.8, 4) is 0 Å². The Bertz CT molecular complexity index is 1100. The van der Waals surface area contributed by atoms with E-state index in [9.17, 15) is 13.2 Å². The van der Waals surface area contributed by atoms with E-state index in [0.29, 0.717) is 42.2 Å². The van der Waals surface area contributed by atoms with Crippen LogP contribution in [0.5, 0.6) is 0 Å². The van der Waals surface area contributed by atoms with Gasteiger partial charge in [0.1, 0.15) is 5.82 Å². The van der Waals surface area contributed by atoms with Gasteiger partial charge in [-0.2, -0.15) is 0 Å². The number of carbonyl (C=O) groups is 1. The van der Waals surface area contributed by atoms with Crippen molar-refractivity contribution in [1.29, 1.82) is 0 Å². The van der Waals surface area contributed by atoms with Crippen LogP contribution in [0.4, 0.5) is 5.69 Å². The first-order valence-electron chi connectivity index (χ1n) is 8.43. The van der Waals surface area contributed by atoms with Crippen molar-refractivity contribution in [2.75, 3.05) is 24.7 Å². The number of aromatic nitrogens is 4. The molecule has 1 aliphatic rings. The first-order chi connectivity index (χ1) is 12.9. The topological polar surface area (TPSA) is 110 Å². The minimum atomic E-state index is -3.23. The molecule has 1 amide bonds. The lowest BCUT2D eigenvalue weighted by atomic mass is 10.1. The van der Waals surface area contributed by atoms with Crippen molar-refractivity contribution < 1.29 is 13.2 Å². The van der Waals surface area contributed by atoms with Crippen LogP contribution in [0.3, 0.4) is 0 Å². The third-order valence-corrected chi connectivity index (χ3v) is 5.87. The van der Waals surface area contributed by atoms with E-state index in [0.717, 1.165) is 0 Å². The Hall–Kier alpha value is -2.85. The molecule has 27 heavy (non-hydrogen) atoms. The third kappa shape index (κ3) is 3.53. The summed E-state index contributed by atoms with van der Waals surface area (Å²) in [5.41, 5.74) is 1.66. The zero-order valence-corrected chi connectivity index (χ0v) is 15.4. The molecule has 9 nitrogen and oxygen atoms in total. The van der Waals surface area contributed by atoms with Crippen molar-refractivity contribution in [1.82, 2.24) is 23.9 Å². The summed E-state index contributed by atoms with van der Waals surface area (Å²) in [5.74, 6) is 0.326. The largest absolute Gasteiger partial charge is 0.321 e. The highest BCUT2D eigenvalue weighted by Crippen LogP contribution is 2.28. The number of carbonyl (C=O) groups excluding carboxylic acids is 1. The van der Waals surface area contributed by atoms with Crippen molar-refractivity contribution in [2.45, 2.75) is 12.3 Å². The zero-order chi connectivity index (χ0) is 19.0. The van der Waals surface area contributed by atoms with Gasteiger partial charge in [0.2, 0.25) is 10.0 Å². The molecule has 1 unspecified atom stereocenters. The fourth-order valence-corrected chi connectivity index (χ4v) is 4.09. The highest BCUT2D eigenvalue weighted by Gasteiger charge is 2.32. The molecule has 4 rings (SSSR count). The summed E-state index contributed by atoms with van der Waals surface area (Å²) >= 11 is 0. The van der Waals surface area contributed by atoms with Gasteiger partial charge in [-0.05, 0) is 30.7 Å². The number of hydrogen-bond donors (Lipinski definition) is 1.